The number of carboxylic acids is 1. The van der Waals surface area contributed by atoms with E-state index in [0.29, 0.717) is 10.8 Å². The molecule has 1 amide bonds. The number of halogens is 1. The molecule has 0 heterocycles. The molecule has 0 spiro atoms. The zero-order valence-electron chi connectivity index (χ0n) is 15.6. The highest BCUT2D eigenvalue weighted by atomic mass is 35.5. The van der Waals surface area contributed by atoms with Crippen LogP contribution >= 0.6 is 11.6 Å². The summed E-state index contributed by atoms with van der Waals surface area (Å²) in [5, 5.41) is 13.9. The minimum Gasteiger partial charge on any atom is -0.483 e. The van der Waals surface area contributed by atoms with Crippen molar-refractivity contribution in [1.82, 2.24) is 5.32 Å². The summed E-state index contributed by atoms with van der Waals surface area (Å²) < 4.78 is 11.1. The maximum absolute atomic E-state index is 12.1. The van der Waals surface area contributed by atoms with Gasteiger partial charge in [-0.3, -0.25) is 4.79 Å². The van der Waals surface area contributed by atoms with Crippen molar-refractivity contribution < 1.29 is 24.2 Å². The molecular formula is C20H24ClNO5. The first-order chi connectivity index (χ1) is 12.7. The van der Waals surface area contributed by atoms with Crippen LogP contribution in [0.4, 0.5) is 0 Å². The average Bonchev–Trinajstić information content (AvgIpc) is 2.59. The lowest BCUT2D eigenvalue weighted by Gasteiger charge is -2.21. The Morgan fingerprint density at radius 3 is 2.44 bits per heavy atom. The molecule has 7 heteroatoms. The van der Waals surface area contributed by atoms with Gasteiger partial charge in [-0.05, 0) is 32.9 Å². The van der Waals surface area contributed by atoms with E-state index < -0.39 is 17.9 Å². The van der Waals surface area contributed by atoms with Crippen molar-refractivity contribution in [2.45, 2.75) is 38.8 Å². The topological polar surface area (TPSA) is 84.9 Å². The molecule has 0 aliphatic rings. The number of ether oxygens (including phenoxy) is 2. The van der Waals surface area contributed by atoms with Crippen LogP contribution in [-0.2, 0) is 14.3 Å². The number of amides is 1. The molecule has 2 aromatic carbocycles. The maximum Gasteiger partial charge on any atom is 0.326 e. The van der Waals surface area contributed by atoms with E-state index in [9.17, 15) is 14.7 Å². The fraction of sp³-hybridized carbons (Fsp3) is 0.400. The van der Waals surface area contributed by atoms with Gasteiger partial charge >= 0.3 is 5.97 Å². The minimum atomic E-state index is -1.11. The lowest BCUT2D eigenvalue weighted by Crippen LogP contribution is -2.44. The number of carboxylic acid groups (broad SMARTS) is 1. The number of hydrogen-bond acceptors (Lipinski definition) is 4. The number of rotatable bonds is 8. The first-order valence-electron chi connectivity index (χ1n) is 8.63. The molecule has 27 heavy (non-hydrogen) atoms. The van der Waals surface area contributed by atoms with Crippen molar-refractivity contribution in [2.24, 2.45) is 0 Å². The molecule has 146 valence electrons. The second-order valence-electron chi connectivity index (χ2n) is 7.09. The number of benzene rings is 2. The number of carbonyl (C=O) groups excluding carboxylic acids is 1. The Balaban J connectivity index is 1.95. The van der Waals surface area contributed by atoms with Gasteiger partial charge in [-0.25, -0.2) is 4.79 Å². The molecule has 0 saturated heterocycles. The normalized spacial score (nSPS) is 12.6. The van der Waals surface area contributed by atoms with Crippen LogP contribution in [0, 0.1) is 0 Å². The quantitative estimate of drug-likeness (QED) is 0.715. The van der Waals surface area contributed by atoms with E-state index in [1.165, 1.54) is 0 Å². The molecule has 0 radical (unpaired) electrons. The Morgan fingerprint density at radius 1 is 1.15 bits per heavy atom. The lowest BCUT2D eigenvalue weighted by molar-refractivity contribution is -0.143. The van der Waals surface area contributed by atoms with E-state index in [1.807, 2.05) is 45.0 Å². The molecule has 0 fully saturated rings. The number of nitrogens with one attached hydrogen (secondary N) is 1. The molecule has 6 nitrogen and oxygen atoms in total. The standard InChI is InChI=1S/C20H24ClNO5/c1-20(2,3)27-11-10-16(19(24)25)22-18(23)12-26-17-9-8-15(21)13-6-4-5-7-14(13)17/h4-9,16H,10-12H2,1-3H3,(H,22,23)(H,24,25). The van der Waals surface area contributed by atoms with Gasteiger partial charge in [0.25, 0.3) is 5.91 Å². The summed E-state index contributed by atoms with van der Waals surface area (Å²) in [4.78, 5) is 23.5. The van der Waals surface area contributed by atoms with Crippen molar-refractivity contribution in [3.8, 4) is 5.75 Å². The van der Waals surface area contributed by atoms with Gasteiger partial charge < -0.3 is 19.9 Å². The summed E-state index contributed by atoms with van der Waals surface area (Å²) in [5.41, 5.74) is -0.369. The largest absolute Gasteiger partial charge is 0.483 e. The Morgan fingerprint density at radius 2 is 1.81 bits per heavy atom. The summed E-state index contributed by atoms with van der Waals surface area (Å²) >= 11 is 6.16. The van der Waals surface area contributed by atoms with E-state index in [2.05, 4.69) is 5.32 Å². The second-order valence-corrected chi connectivity index (χ2v) is 7.49. The molecule has 0 aliphatic carbocycles. The van der Waals surface area contributed by atoms with Crippen LogP contribution in [0.25, 0.3) is 10.8 Å². The van der Waals surface area contributed by atoms with Crippen LogP contribution in [0.15, 0.2) is 36.4 Å². The third kappa shape index (κ3) is 6.41. The van der Waals surface area contributed by atoms with Gasteiger partial charge in [-0.2, -0.15) is 0 Å². The summed E-state index contributed by atoms with van der Waals surface area (Å²) in [6, 6.07) is 9.76. The van der Waals surface area contributed by atoms with Crippen LogP contribution in [0.1, 0.15) is 27.2 Å². The number of aliphatic carboxylic acids is 1. The molecule has 0 bridgehead atoms. The third-order valence-electron chi connectivity index (χ3n) is 3.76. The summed E-state index contributed by atoms with van der Waals surface area (Å²) in [6.45, 7) is 5.57. The van der Waals surface area contributed by atoms with E-state index in [1.54, 1.807) is 12.1 Å². The SMILES string of the molecule is CC(C)(C)OCCC(NC(=O)COc1ccc(Cl)c2ccccc12)C(=O)O. The Labute approximate surface area is 163 Å². The molecule has 2 aromatic rings. The van der Waals surface area contributed by atoms with Gasteiger partial charge in [0.15, 0.2) is 6.61 Å². The Bertz CT molecular complexity index is 816. The zero-order valence-corrected chi connectivity index (χ0v) is 16.4. The van der Waals surface area contributed by atoms with Crippen molar-refractivity contribution in [2.75, 3.05) is 13.2 Å². The van der Waals surface area contributed by atoms with Crippen molar-refractivity contribution in [1.29, 1.82) is 0 Å². The number of hydrogen-bond donors (Lipinski definition) is 2. The monoisotopic (exact) mass is 393 g/mol. The summed E-state index contributed by atoms with van der Waals surface area (Å²) in [6.07, 6.45) is 0.169. The van der Waals surface area contributed by atoms with Crippen molar-refractivity contribution >= 4 is 34.2 Å². The highest BCUT2D eigenvalue weighted by Gasteiger charge is 2.21. The molecule has 2 N–H and O–H groups in total. The lowest BCUT2D eigenvalue weighted by atomic mass is 10.1. The molecular weight excluding hydrogens is 370 g/mol. The van der Waals surface area contributed by atoms with Crippen molar-refractivity contribution in [3.63, 3.8) is 0 Å². The smallest absolute Gasteiger partial charge is 0.326 e. The van der Waals surface area contributed by atoms with Gasteiger partial charge in [-0.1, -0.05) is 35.9 Å². The Kier molecular flexibility index (Phi) is 7.05. The minimum absolute atomic E-state index is 0.169. The first kappa shape index (κ1) is 21.0. The van der Waals surface area contributed by atoms with E-state index in [-0.39, 0.29) is 25.2 Å². The van der Waals surface area contributed by atoms with Crippen LogP contribution in [0.2, 0.25) is 5.02 Å². The van der Waals surface area contributed by atoms with E-state index >= 15 is 0 Å². The predicted molar refractivity (Wildman–Crippen MR) is 104 cm³/mol. The molecule has 1 atom stereocenters. The molecule has 0 aliphatic heterocycles. The van der Waals surface area contributed by atoms with Gasteiger partial charge in [0, 0.05) is 28.8 Å². The highest BCUT2D eigenvalue weighted by Crippen LogP contribution is 2.31. The fourth-order valence-corrected chi connectivity index (χ4v) is 2.71. The van der Waals surface area contributed by atoms with Gasteiger partial charge in [0.2, 0.25) is 0 Å². The average molecular weight is 394 g/mol. The van der Waals surface area contributed by atoms with E-state index in [4.69, 9.17) is 21.1 Å². The third-order valence-corrected chi connectivity index (χ3v) is 4.09. The summed E-state index contributed by atoms with van der Waals surface area (Å²) in [5.74, 6) is -1.12. The van der Waals surface area contributed by atoms with E-state index in [0.717, 1.165) is 10.8 Å². The maximum atomic E-state index is 12.1. The van der Waals surface area contributed by atoms with Crippen LogP contribution < -0.4 is 10.1 Å². The van der Waals surface area contributed by atoms with Crippen molar-refractivity contribution in [3.05, 3.63) is 41.4 Å². The molecule has 1 unspecified atom stereocenters. The molecule has 0 aromatic heterocycles. The predicted octanol–water partition coefficient (Wildman–Crippen LogP) is 3.65. The number of fused-ring (bicyclic) bond motifs is 1. The van der Waals surface area contributed by atoms with Crippen LogP contribution in [0.3, 0.4) is 0 Å². The zero-order chi connectivity index (χ0) is 20.0. The van der Waals surface area contributed by atoms with Gasteiger partial charge in [-0.15, -0.1) is 0 Å². The molecule has 2 rings (SSSR count). The Hall–Kier alpha value is -2.31. The molecule has 0 saturated carbocycles. The fourth-order valence-electron chi connectivity index (χ4n) is 2.48. The van der Waals surface area contributed by atoms with Gasteiger partial charge in [0.05, 0.1) is 5.60 Å². The van der Waals surface area contributed by atoms with Gasteiger partial charge in [0.1, 0.15) is 11.8 Å². The summed E-state index contributed by atoms with van der Waals surface area (Å²) in [7, 11) is 0. The highest BCUT2D eigenvalue weighted by molar-refractivity contribution is 6.35. The van der Waals surface area contributed by atoms with Crippen LogP contribution in [0.5, 0.6) is 5.75 Å². The second kappa shape index (κ2) is 9.06. The van der Waals surface area contributed by atoms with Crippen LogP contribution in [-0.4, -0.2) is 41.8 Å². The first-order valence-corrected chi connectivity index (χ1v) is 9.01. The number of carbonyl (C=O) groups is 2.